The molecule has 0 bridgehead atoms. The lowest BCUT2D eigenvalue weighted by Gasteiger charge is -2.18. The third-order valence-electron chi connectivity index (χ3n) is 2.58. The minimum atomic E-state index is -1.05. The van der Waals surface area contributed by atoms with Gasteiger partial charge in [-0.3, -0.25) is 14.5 Å². The summed E-state index contributed by atoms with van der Waals surface area (Å²) in [5.74, 6) is -1.36. The second kappa shape index (κ2) is 6.75. The summed E-state index contributed by atoms with van der Waals surface area (Å²) in [6.07, 6.45) is 0. The first kappa shape index (κ1) is 15.0. The van der Waals surface area contributed by atoms with Crippen molar-refractivity contribution in [2.24, 2.45) is 0 Å². The summed E-state index contributed by atoms with van der Waals surface area (Å²) in [4.78, 5) is 22.7. The molecule has 0 aliphatic carbocycles. The van der Waals surface area contributed by atoms with Gasteiger partial charge in [0.1, 0.15) is 5.75 Å². The summed E-state index contributed by atoms with van der Waals surface area (Å²) < 4.78 is 5.13. The normalized spacial score (nSPS) is 10.5. The van der Waals surface area contributed by atoms with E-state index in [1.807, 2.05) is 13.0 Å². The van der Waals surface area contributed by atoms with Crippen molar-refractivity contribution in [1.29, 1.82) is 0 Å². The smallest absolute Gasteiger partial charge is 0.317 e. The summed E-state index contributed by atoms with van der Waals surface area (Å²) in [5.41, 5.74) is 1.77. The van der Waals surface area contributed by atoms with Crippen molar-refractivity contribution in [1.82, 2.24) is 4.90 Å². The van der Waals surface area contributed by atoms with Crippen molar-refractivity contribution < 1.29 is 24.5 Å². The zero-order valence-corrected chi connectivity index (χ0v) is 10.9. The standard InChI is InChI=1S/C13H17NO5/c1-9-5-10(3-4-11(9)19-2)6-14(7-12(15)16)8-13(17)18/h3-5H,6-8H2,1-2H3,(H,15,16)(H,17,18). The van der Waals surface area contributed by atoms with Crippen LogP contribution >= 0.6 is 0 Å². The van der Waals surface area contributed by atoms with E-state index in [-0.39, 0.29) is 19.6 Å². The molecule has 1 aromatic rings. The highest BCUT2D eigenvalue weighted by Gasteiger charge is 2.14. The van der Waals surface area contributed by atoms with Gasteiger partial charge in [0, 0.05) is 6.54 Å². The molecule has 0 saturated heterocycles. The Kier molecular flexibility index (Phi) is 5.32. The van der Waals surface area contributed by atoms with Gasteiger partial charge in [-0.2, -0.15) is 0 Å². The van der Waals surface area contributed by atoms with E-state index in [1.165, 1.54) is 4.90 Å². The van der Waals surface area contributed by atoms with Crippen molar-refractivity contribution in [2.75, 3.05) is 20.2 Å². The van der Waals surface area contributed by atoms with E-state index in [9.17, 15) is 9.59 Å². The molecule has 0 radical (unpaired) electrons. The van der Waals surface area contributed by atoms with Crippen LogP contribution in [0.5, 0.6) is 5.75 Å². The van der Waals surface area contributed by atoms with Crippen LogP contribution in [0.3, 0.4) is 0 Å². The molecule has 6 nitrogen and oxygen atoms in total. The summed E-state index contributed by atoms with van der Waals surface area (Å²) in [6.45, 7) is 1.53. The van der Waals surface area contributed by atoms with E-state index in [0.29, 0.717) is 0 Å². The highest BCUT2D eigenvalue weighted by atomic mass is 16.5. The van der Waals surface area contributed by atoms with E-state index >= 15 is 0 Å². The predicted octanol–water partition coefficient (Wildman–Crippen LogP) is 0.975. The molecular weight excluding hydrogens is 250 g/mol. The summed E-state index contributed by atoms with van der Waals surface area (Å²) in [7, 11) is 1.57. The highest BCUT2D eigenvalue weighted by Crippen LogP contribution is 2.19. The van der Waals surface area contributed by atoms with E-state index in [4.69, 9.17) is 14.9 Å². The number of carboxylic acid groups (broad SMARTS) is 2. The van der Waals surface area contributed by atoms with Crippen LogP contribution in [0.4, 0.5) is 0 Å². The Morgan fingerprint density at radius 2 is 1.79 bits per heavy atom. The number of ether oxygens (including phenoxy) is 1. The minimum Gasteiger partial charge on any atom is -0.496 e. The summed E-state index contributed by atoms with van der Waals surface area (Å²) in [5, 5.41) is 17.5. The Morgan fingerprint density at radius 1 is 1.21 bits per heavy atom. The molecule has 0 aliphatic rings. The van der Waals surface area contributed by atoms with Gasteiger partial charge in [-0.1, -0.05) is 12.1 Å². The first-order chi connectivity index (χ1) is 8.92. The van der Waals surface area contributed by atoms with E-state index in [2.05, 4.69) is 0 Å². The van der Waals surface area contributed by atoms with Gasteiger partial charge in [-0.15, -0.1) is 0 Å². The molecule has 0 unspecified atom stereocenters. The molecular formula is C13H17NO5. The van der Waals surface area contributed by atoms with Crippen LogP contribution in [0, 0.1) is 6.92 Å². The summed E-state index contributed by atoms with van der Waals surface area (Å²) in [6, 6.07) is 5.43. The van der Waals surface area contributed by atoms with E-state index in [0.717, 1.165) is 16.9 Å². The average molecular weight is 267 g/mol. The van der Waals surface area contributed by atoms with Gasteiger partial charge in [0.2, 0.25) is 0 Å². The molecule has 0 spiro atoms. The van der Waals surface area contributed by atoms with Crippen LogP contribution in [0.25, 0.3) is 0 Å². The molecule has 19 heavy (non-hydrogen) atoms. The van der Waals surface area contributed by atoms with Gasteiger partial charge in [0.25, 0.3) is 0 Å². The van der Waals surface area contributed by atoms with E-state index < -0.39 is 11.9 Å². The molecule has 0 heterocycles. The van der Waals surface area contributed by atoms with Crippen LogP contribution < -0.4 is 4.74 Å². The molecule has 0 atom stereocenters. The molecule has 1 aromatic carbocycles. The van der Waals surface area contributed by atoms with E-state index in [1.54, 1.807) is 19.2 Å². The molecule has 104 valence electrons. The van der Waals surface area contributed by atoms with Crippen molar-refractivity contribution in [3.63, 3.8) is 0 Å². The number of carboxylic acids is 2. The van der Waals surface area contributed by atoms with Gasteiger partial charge >= 0.3 is 11.9 Å². The molecule has 0 amide bonds. The molecule has 0 aromatic heterocycles. The fourth-order valence-corrected chi connectivity index (χ4v) is 1.85. The topological polar surface area (TPSA) is 87.1 Å². The van der Waals surface area contributed by atoms with Crippen molar-refractivity contribution in [3.05, 3.63) is 29.3 Å². The maximum absolute atomic E-state index is 10.7. The van der Waals surface area contributed by atoms with Crippen LogP contribution in [0.2, 0.25) is 0 Å². The number of hydrogen-bond acceptors (Lipinski definition) is 4. The first-order valence-corrected chi connectivity index (χ1v) is 5.72. The lowest BCUT2D eigenvalue weighted by atomic mass is 10.1. The van der Waals surface area contributed by atoms with Crippen LogP contribution in [-0.4, -0.2) is 47.3 Å². The number of nitrogens with zero attached hydrogens (tertiary/aromatic N) is 1. The largest absolute Gasteiger partial charge is 0.496 e. The van der Waals surface area contributed by atoms with Crippen LogP contribution in [-0.2, 0) is 16.1 Å². The maximum atomic E-state index is 10.7. The zero-order chi connectivity index (χ0) is 14.4. The second-order valence-corrected chi connectivity index (χ2v) is 4.24. The average Bonchev–Trinajstić information content (AvgIpc) is 2.27. The molecule has 0 fully saturated rings. The summed E-state index contributed by atoms with van der Waals surface area (Å²) >= 11 is 0. The molecule has 2 N–H and O–H groups in total. The number of aryl methyl sites for hydroxylation is 1. The Hall–Kier alpha value is -2.08. The SMILES string of the molecule is COc1ccc(CN(CC(=O)O)CC(=O)O)cc1C. The maximum Gasteiger partial charge on any atom is 0.317 e. The number of methoxy groups -OCH3 is 1. The van der Waals surface area contributed by atoms with Crippen LogP contribution in [0.15, 0.2) is 18.2 Å². The van der Waals surface area contributed by atoms with Gasteiger partial charge in [0.15, 0.2) is 0 Å². The van der Waals surface area contributed by atoms with Gasteiger partial charge < -0.3 is 14.9 Å². The Morgan fingerprint density at radius 3 is 2.21 bits per heavy atom. The minimum absolute atomic E-state index is 0.267. The molecule has 6 heteroatoms. The number of hydrogen-bond donors (Lipinski definition) is 2. The fraction of sp³-hybridized carbons (Fsp3) is 0.385. The van der Waals surface area contributed by atoms with Crippen LogP contribution in [0.1, 0.15) is 11.1 Å². The lowest BCUT2D eigenvalue weighted by Crippen LogP contribution is -2.33. The van der Waals surface area contributed by atoms with Gasteiger partial charge in [-0.25, -0.2) is 0 Å². The Bertz CT molecular complexity index is 456. The number of carbonyl (C=O) groups is 2. The first-order valence-electron chi connectivity index (χ1n) is 5.72. The number of benzene rings is 1. The Labute approximate surface area is 111 Å². The molecule has 1 rings (SSSR count). The number of aliphatic carboxylic acids is 2. The highest BCUT2D eigenvalue weighted by molar-refractivity contribution is 5.72. The zero-order valence-electron chi connectivity index (χ0n) is 10.9. The van der Waals surface area contributed by atoms with Gasteiger partial charge in [0.05, 0.1) is 20.2 Å². The van der Waals surface area contributed by atoms with Crippen molar-refractivity contribution >= 4 is 11.9 Å². The fourth-order valence-electron chi connectivity index (χ4n) is 1.85. The third-order valence-corrected chi connectivity index (χ3v) is 2.58. The third kappa shape index (κ3) is 4.97. The van der Waals surface area contributed by atoms with Crippen molar-refractivity contribution in [2.45, 2.75) is 13.5 Å². The monoisotopic (exact) mass is 267 g/mol. The number of rotatable bonds is 7. The predicted molar refractivity (Wildman–Crippen MR) is 68.3 cm³/mol. The quantitative estimate of drug-likeness (QED) is 0.765. The Balaban J connectivity index is 2.80. The van der Waals surface area contributed by atoms with Gasteiger partial charge in [-0.05, 0) is 24.1 Å². The second-order valence-electron chi connectivity index (χ2n) is 4.24. The molecule has 0 aliphatic heterocycles. The lowest BCUT2D eigenvalue weighted by molar-refractivity contribution is -0.142. The van der Waals surface area contributed by atoms with Crippen molar-refractivity contribution in [3.8, 4) is 5.75 Å². The molecule has 0 saturated carbocycles.